The first-order chi connectivity index (χ1) is 6.50. The van der Waals surface area contributed by atoms with Crippen molar-refractivity contribution in [2.45, 2.75) is 26.4 Å². The quantitative estimate of drug-likeness (QED) is 0.918. The van der Waals surface area contributed by atoms with Crippen LogP contribution in [0.25, 0.3) is 0 Å². The number of thiazole rings is 1. The maximum absolute atomic E-state index is 11.4. The van der Waals surface area contributed by atoms with Gasteiger partial charge in [-0.05, 0) is 13.8 Å². The average molecular weight is 286 g/mol. The fourth-order valence-electron chi connectivity index (χ4n) is 1.14. The van der Waals surface area contributed by atoms with Gasteiger partial charge in [-0.3, -0.25) is 4.79 Å². The molecule has 1 aromatic heterocycles. The number of aryl methyl sites for hydroxylation is 1. The first-order valence-electron chi connectivity index (χ1n) is 4.42. The first-order valence-corrected chi connectivity index (χ1v) is 5.24. The lowest BCUT2D eigenvalue weighted by Crippen LogP contribution is -2.39. The van der Waals surface area contributed by atoms with E-state index in [-0.39, 0.29) is 30.7 Å². The lowest BCUT2D eigenvalue weighted by atomic mass is 10.3. The molecular formula is C9H17Cl2N3OS. The number of likely N-dealkylation sites (N-methyl/N-ethyl adjacent to an activating group) is 1. The van der Waals surface area contributed by atoms with Gasteiger partial charge in [0.1, 0.15) is 0 Å². The van der Waals surface area contributed by atoms with Gasteiger partial charge in [0.25, 0.3) is 0 Å². The lowest BCUT2D eigenvalue weighted by Gasteiger charge is -2.17. The number of amides is 1. The molecule has 0 unspecified atom stereocenters. The molecular weight excluding hydrogens is 269 g/mol. The normalized spacial score (nSPS) is 11.0. The minimum absolute atomic E-state index is 0. The molecule has 16 heavy (non-hydrogen) atoms. The number of nitrogens with zero attached hydrogens (tertiary/aromatic N) is 2. The van der Waals surface area contributed by atoms with Crippen LogP contribution in [0.5, 0.6) is 0 Å². The molecule has 7 heteroatoms. The Kier molecular flexibility index (Phi) is 8.83. The molecule has 0 aliphatic heterocycles. The van der Waals surface area contributed by atoms with Crippen LogP contribution in [0, 0.1) is 6.92 Å². The number of rotatable bonds is 3. The van der Waals surface area contributed by atoms with Gasteiger partial charge in [-0.1, -0.05) is 0 Å². The van der Waals surface area contributed by atoms with E-state index in [2.05, 4.69) is 4.98 Å². The van der Waals surface area contributed by atoms with E-state index in [9.17, 15) is 4.79 Å². The van der Waals surface area contributed by atoms with E-state index in [4.69, 9.17) is 5.73 Å². The van der Waals surface area contributed by atoms with Crippen molar-refractivity contribution < 1.29 is 4.79 Å². The average Bonchev–Trinajstić information content (AvgIpc) is 2.49. The van der Waals surface area contributed by atoms with Crippen molar-refractivity contribution in [3.8, 4) is 0 Å². The molecule has 0 radical (unpaired) electrons. The molecule has 1 aromatic rings. The summed E-state index contributed by atoms with van der Waals surface area (Å²) in [6.07, 6.45) is 1.80. The van der Waals surface area contributed by atoms with Crippen LogP contribution in [0.3, 0.4) is 0 Å². The Hall–Kier alpha value is -0.360. The second-order valence-corrected chi connectivity index (χ2v) is 4.65. The summed E-state index contributed by atoms with van der Waals surface area (Å²) in [4.78, 5) is 18.3. The summed E-state index contributed by atoms with van der Waals surface area (Å²) in [7, 11) is 1.75. The molecule has 0 bridgehead atoms. The second-order valence-electron chi connectivity index (χ2n) is 3.33. The molecule has 1 atom stereocenters. The summed E-state index contributed by atoms with van der Waals surface area (Å²) in [5, 5.41) is 1.02. The maximum Gasteiger partial charge on any atom is 0.239 e. The van der Waals surface area contributed by atoms with Crippen molar-refractivity contribution in [2.75, 3.05) is 7.05 Å². The fraction of sp³-hybridized carbons (Fsp3) is 0.556. The number of hydrogen-bond donors (Lipinski definition) is 1. The Morgan fingerprint density at radius 1 is 1.62 bits per heavy atom. The van der Waals surface area contributed by atoms with Gasteiger partial charge in [-0.2, -0.15) is 0 Å². The number of hydrogen-bond acceptors (Lipinski definition) is 4. The third-order valence-electron chi connectivity index (χ3n) is 1.83. The standard InChI is InChI=1S/C9H15N3OS.2ClH/c1-6(10)9(13)12(3)5-8-4-11-7(2)14-8;;/h4,6H,5,10H2,1-3H3;2*1H/t6-;;/m1../s1. The van der Waals surface area contributed by atoms with Crippen LogP contribution in [0.2, 0.25) is 0 Å². The third kappa shape index (κ3) is 5.12. The van der Waals surface area contributed by atoms with Gasteiger partial charge < -0.3 is 10.6 Å². The smallest absolute Gasteiger partial charge is 0.239 e. The van der Waals surface area contributed by atoms with Gasteiger partial charge in [0.15, 0.2) is 0 Å². The Morgan fingerprint density at radius 2 is 2.19 bits per heavy atom. The monoisotopic (exact) mass is 285 g/mol. The van der Waals surface area contributed by atoms with Crippen LogP contribution in [-0.4, -0.2) is 28.9 Å². The zero-order valence-electron chi connectivity index (χ0n) is 9.47. The molecule has 0 spiro atoms. The molecule has 1 rings (SSSR count). The highest BCUT2D eigenvalue weighted by Crippen LogP contribution is 2.13. The molecule has 0 saturated carbocycles. The summed E-state index contributed by atoms with van der Waals surface area (Å²) in [5.74, 6) is -0.0453. The van der Waals surface area contributed by atoms with Crippen molar-refractivity contribution in [1.82, 2.24) is 9.88 Å². The van der Waals surface area contributed by atoms with Crippen LogP contribution in [-0.2, 0) is 11.3 Å². The predicted octanol–water partition coefficient (Wildman–Crippen LogP) is 1.60. The summed E-state index contributed by atoms with van der Waals surface area (Å²) < 4.78 is 0. The Labute approximate surface area is 112 Å². The molecule has 4 nitrogen and oxygen atoms in total. The van der Waals surface area contributed by atoms with Crippen LogP contribution < -0.4 is 5.73 Å². The van der Waals surface area contributed by atoms with Gasteiger partial charge in [0, 0.05) is 18.1 Å². The predicted molar refractivity (Wildman–Crippen MR) is 71.5 cm³/mol. The minimum Gasteiger partial charge on any atom is -0.339 e. The number of carbonyl (C=O) groups is 1. The fourth-order valence-corrected chi connectivity index (χ4v) is 1.99. The minimum atomic E-state index is -0.436. The molecule has 0 saturated heterocycles. The summed E-state index contributed by atoms with van der Waals surface area (Å²) in [6, 6.07) is -0.436. The molecule has 94 valence electrons. The molecule has 0 aliphatic rings. The Balaban J connectivity index is 0. The van der Waals surface area contributed by atoms with Gasteiger partial charge in [0.05, 0.1) is 17.6 Å². The van der Waals surface area contributed by atoms with Crippen LogP contribution >= 0.6 is 36.2 Å². The van der Waals surface area contributed by atoms with Crippen molar-refractivity contribution in [2.24, 2.45) is 5.73 Å². The van der Waals surface area contributed by atoms with Gasteiger partial charge >= 0.3 is 0 Å². The van der Waals surface area contributed by atoms with Crippen molar-refractivity contribution in [3.05, 3.63) is 16.1 Å². The van der Waals surface area contributed by atoms with Crippen molar-refractivity contribution in [1.29, 1.82) is 0 Å². The van der Waals surface area contributed by atoms with Gasteiger partial charge in [0.2, 0.25) is 5.91 Å². The third-order valence-corrected chi connectivity index (χ3v) is 2.73. The first kappa shape index (κ1) is 18.0. The zero-order chi connectivity index (χ0) is 10.7. The second kappa shape index (κ2) is 7.84. The van der Waals surface area contributed by atoms with E-state index in [1.807, 2.05) is 6.92 Å². The van der Waals surface area contributed by atoms with E-state index >= 15 is 0 Å². The SMILES string of the molecule is Cc1ncc(CN(C)C(=O)[C@@H](C)N)s1.Cl.Cl. The number of halogens is 2. The van der Waals surface area contributed by atoms with Crippen LogP contribution in [0.1, 0.15) is 16.8 Å². The Bertz CT molecular complexity index is 330. The lowest BCUT2D eigenvalue weighted by molar-refractivity contribution is -0.131. The van der Waals surface area contributed by atoms with E-state index in [0.717, 1.165) is 9.88 Å². The van der Waals surface area contributed by atoms with E-state index in [0.29, 0.717) is 6.54 Å². The number of aromatic nitrogens is 1. The molecule has 2 N–H and O–H groups in total. The molecule has 1 amide bonds. The largest absolute Gasteiger partial charge is 0.339 e. The molecule has 1 heterocycles. The summed E-state index contributed by atoms with van der Waals surface area (Å²) >= 11 is 1.60. The van der Waals surface area contributed by atoms with E-state index < -0.39 is 6.04 Å². The number of carbonyl (C=O) groups excluding carboxylic acids is 1. The molecule has 0 aliphatic carbocycles. The maximum atomic E-state index is 11.4. The van der Waals surface area contributed by atoms with Gasteiger partial charge in [-0.25, -0.2) is 4.98 Å². The molecule has 0 fully saturated rings. The van der Waals surface area contributed by atoms with Crippen molar-refractivity contribution >= 4 is 42.1 Å². The summed E-state index contributed by atoms with van der Waals surface area (Å²) in [6.45, 7) is 4.23. The van der Waals surface area contributed by atoms with E-state index in [1.54, 1.807) is 36.4 Å². The highest BCUT2D eigenvalue weighted by molar-refractivity contribution is 7.11. The Morgan fingerprint density at radius 3 is 2.56 bits per heavy atom. The summed E-state index contributed by atoms with van der Waals surface area (Å²) in [5.41, 5.74) is 5.49. The zero-order valence-corrected chi connectivity index (χ0v) is 11.9. The van der Waals surface area contributed by atoms with Crippen LogP contribution in [0.4, 0.5) is 0 Å². The van der Waals surface area contributed by atoms with Crippen molar-refractivity contribution in [3.63, 3.8) is 0 Å². The van der Waals surface area contributed by atoms with Crippen LogP contribution in [0.15, 0.2) is 6.20 Å². The van der Waals surface area contributed by atoms with Gasteiger partial charge in [-0.15, -0.1) is 36.2 Å². The van der Waals surface area contributed by atoms with E-state index in [1.165, 1.54) is 0 Å². The highest BCUT2D eigenvalue weighted by atomic mass is 35.5. The highest BCUT2D eigenvalue weighted by Gasteiger charge is 2.14. The topological polar surface area (TPSA) is 59.2 Å². The number of nitrogens with two attached hydrogens (primary N) is 1. The molecule has 0 aromatic carbocycles.